The number of nitrogens with one attached hydrogen (secondary N) is 1. The number of amides is 1. The number of nitrogens with two attached hydrogens (primary N) is 1. The van der Waals surface area contributed by atoms with Gasteiger partial charge in [0.2, 0.25) is 0 Å². The molecule has 25 heavy (non-hydrogen) atoms. The quantitative estimate of drug-likeness (QED) is 0.245. The van der Waals surface area contributed by atoms with Crippen LogP contribution in [0.4, 0.5) is 21.5 Å². The molecule has 0 unspecified atom stereocenters. The van der Waals surface area contributed by atoms with Crippen LogP contribution in [0.1, 0.15) is 10.4 Å². The van der Waals surface area contributed by atoms with E-state index >= 15 is 0 Å². The van der Waals surface area contributed by atoms with Crippen LogP contribution in [-0.4, -0.2) is 28.5 Å². The molecule has 2 rings (SSSR count). The zero-order valence-electron chi connectivity index (χ0n) is 12.6. The smallest absolute Gasteiger partial charge is 0.340 e. The number of halogens is 1. The molecule has 0 spiro atoms. The molecule has 0 aliphatic heterocycles. The Kier molecular flexibility index (Phi) is 5.12. The number of esters is 1. The van der Waals surface area contributed by atoms with Crippen LogP contribution in [0.25, 0.3) is 0 Å². The van der Waals surface area contributed by atoms with Crippen molar-refractivity contribution in [2.45, 2.75) is 0 Å². The number of nitrogens with zero attached hydrogens (tertiary/aromatic N) is 1. The fourth-order valence-electron chi connectivity index (χ4n) is 1.84. The summed E-state index contributed by atoms with van der Waals surface area (Å²) in [5.74, 6) is -2.98. The highest BCUT2D eigenvalue weighted by atomic mass is 19.1. The minimum atomic E-state index is -0.969. The highest BCUT2D eigenvalue weighted by molar-refractivity contribution is 5.98. The maximum absolute atomic E-state index is 13.6. The largest absolute Gasteiger partial charge is 0.508 e. The molecule has 0 saturated carbocycles. The fraction of sp³-hybridized carbons (Fsp3) is 0.0667. The van der Waals surface area contributed by atoms with Gasteiger partial charge >= 0.3 is 5.97 Å². The van der Waals surface area contributed by atoms with E-state index in [0.717, 1.165) is 24.3 Å². The van der Waals surface area contributed by atoms with Crippen molar-refractivity contribution in [1.82, 2.24) is 0 Å². The van der Waals surface area contributed by atoms with Gasteiger partial charge in [0.05, 0.1) is 16.2 Å². The van der Waals surface area contributed by atoms with Crippen LogP contribution in [0, 0.1) is 15.9 Å². The van der Waals surface area contributed by atoms with Crippen molar-refractivity contribution in [3.63, 3.8) is 0 Å². The minimum absolute atomic E-state index is 0.0351. The molecular weight excluding hydrogens is 337 g/mol. The van der Waals surface area contributed by atoms with Gasteiger partial charge in [-0.05, 0) is 24.3 Å². The molecule has 0 aliphatic carbocycles. The van der Waals surface area contributed by atoms with E-state index < -0.39 is 40.6 Å². The zero-order valence-corrected chi connectivity index (χ0v) is 12.6. The third-order valence-corrected chi connectivity index (χ3v) is 3.03. The number of non-ortho nitro benzene ring substituents is 1. The number of carbonyl (C=O) groups excluding carboxylic acids is 2. The lowest BCUT2D eigenvalue weighted by molar-refractivity contribution is -0.384. The SMILES string of the molecule is Nc1ccc(O)cc1C(=O)OCC(=O)Nc1cc([N+](=O)[O-])ccc1F. The molecule has 4 N–H and O–H groups in total. The summed E-state index contributed by atoms with van der Waals surface area (Å²) in [6, 6.07) is 6.22. The van der Waals surface area contributed by atoms with Crippen molar-refractivity contribution in [2.75, 3.05) is 17.7 Å². The Labute approximate surface area is 140 Å². The summed E-state index contributed by atoms with van der Waals surface area (Å²) >= 11 is 0. The highest BCUT2D eigenvalue weighted by Gasteiger charge is 2.16. The highest BCUT2D eigenvalue weighted by Crippen LogP contribution is 2.21. The van der Waals surface area contributed by atoms with E-state index in [9.17, 15) is 29.2 Å². The van der Waals surface area contributed by atoms with Gasteiger partial charge in [-0.1, -0.05) is 0 Å². The van der Waals surface area contributed by atoms with E-state index in [-0.39, 0.29) is 17.0 Å². The number of phenols is 1. The number of nitrogen functional groups attached to an aromatic ring is 1. The van der Waals surface area contributed by atoms with Crippen LogP contribution >= 0.6 is 0 Å². The van der Waals surface area contributed by atoms with Crippen LogP contribution in [0.15, 0.2) is 36.4 Å². The molecule has 0 aliphatic rings. The monoisotopic (exact) mass is 349 g/mol. The first kappa shape index (κ1) is 17.7. The van der Waals surface area contributed by atoms with Gasteiger partial charge in [0.15, 0.2) is 6.61 Å². The lowest BCUT2D eigenvalue weighted by atomic mass is 10.2. The molecular formula is C15H12FN3O6. The standard InChI is InChI=1S/C15H12FN3O6/c16-11-3-1-8(19(23)24)5-13(11)18-14(21)7-25-15(22)10-6-9(20)2-4-12(10)17/h1-6,20H,7,17H2,(H,18,21). The van der Waals surface area contributed by atoms with Gasteiger partial charge in [-0.25, -0.2) is 9.18 Å². The number of nitro benzene ring substituents is 1. The molecule has 2 aromatic carbocycles. The second-order valence-corrected chi connectivity index (χ2v) is 4.82. The van der Waals surface area contributed by atoms with E-state index in [1.807, 2.05) is 0 Å². The van der Waals surface area contributed by atoms with Crippen molar-refractivity contribution >= 4 is 28.9 Å². The lowest BCUT2D eigenvalue weighted by Gasteiger charge is -2.09. The molecule has 0 saturated heterocycles. The number of carbonyl (C=O) groups is 2. The van der Waals surface area contributed by atoms with Crippen LogP contribution in [0.2, 0.25) is 0 Å². The van der Waals surface area contributed by atoms with Crippen LogP contribution in [-0.2, 0) is 9.53 Å². The predicted molar refractivity (Wildman–Crippen MR) is 84.5 cm³/mol. The number of nitro groups is 1. The summed E-state index contributed by atoms with van der Waals surface area (Å²) in [4.78, 5) is 33.5. The first-order valence-corrected chi connectivity index (χ1v) is 6.77. The molecule has 2 aromatic rings. The maximum atomic E-state index is 13.6. The molecule has 9 nitrogen and oxygen atoms in total. The van der Waals surface area contributed by atoms with Gasteiger partial charge in [-0.15, -0.1) is 0 Å². The van der Waals surface area contributed by atoms with Gasteiger partial charge in [-0.2, -0.15) is 0 Å². The molecule has 10 heteroatoms. The first-order chi connectivity index (χ1) is 11.8. The third-order valence-electron chi connectivity index (χ3n) is 3.03. The maximum Gasteiger partial charge on any atom is 0.340 e. The molecule has 0 heterocycles. The number of benzene rings is 2. The Morgan fingerprint density at radius 1 is 1.28 bits per heavy atom. The molecule has 1 amide bonds. The number of hydrogen-bond acceptors (Lipinski definition) is 7. The van der Waals surface area contributed by atoms with Gasteiger partial charge in [0, 0.05) is 17.8 Å². The van der Waals surface area contributed by atoms with Crippen molar-refractivity contribution in [3.8, 4) is 5.75 Å². The van der Waals surface area contributed by atoms with Crippen LogP contribution in [0.5, 0.6) is 5.75 Å². The summed E-state index contributed by atoms with van der Waals surface area (Å²) in [5, 5.41) is 22.0. The Hall–Kier alpha value is -3.69. The predicted octanol–water partition coefficient (Wildman–Crippen LogP) is 1.82. The van der Waals surface area contributed by atoms with E-state index in [4.69, 9.17) is 10.5 Å². The van der Waals surface area contributed by atoms with Gasteiger partial charge in [0.1, 0.15) is 11.6 Å². The van der Waals surface area contributed by atoms with Crippen molar-refractivity contribution in [1.29, 1.82) is 0 Å². The summed E-state index contributed by atoms with van der Waals surface area (Å²) < 4.78 is 18.3. The Balaban J connectivity index is 2.01. The molecule has 0 bridgehead atoms. The summed E-state index contributed by atoms with van der Waals surface area (Å²) in [7, 11) is 0. The van der Waals surface area contributed by atoms with E-state index in [1.54, 1.807) is 0 Å². The number of phenolic OH excluding ortho intramolecular Hbond substituents is 1. The Bertz CT molecular complexity index is 855. The summed E-state index contributed by atoms with van der Waals surface area (Å²) in [6.45, 7) is -0.782. The number of hydrogen-bond donors (Lipinski definition) is 3. The number of aromatic hydroxyl groups is 1. The molecule has 0 radical (unpaired) electrons. The molecule has 0 aromatic heterocycles. The molecule has 130 valence electrons. The summed E-state index contributed by atoms with van der Waals surface area (Å²) in [5.41, 5.74) is 4.61. The normalized spacial score (nSPS) is 10.1. The third kappa shape index (κ3) is 4.41. The molecule has 0 fully saturated rings. The van der Waals surface area contributed by atoms with Crippen molar-refractivity contribution in [3.05, 3.63) is 57.9 Å². The van der Waals surface area contributed by atoms with Crippen LogP contribution in [0.3, 0.4) is 0 Å². The molecule has 0 atom stereocenters. The second-order valence-electron chi connectivity index (χ2n) is 4.82. The second kappa shape index (κ2) is 7.25. The van der Waals surface area contributed by atoms with Crippen molar-refractivity contribution in [2.24, 2.45) is 0 Å². The number of rotatable bonds is 5. The Morgan fingerprint density at radius 3 is 2.68 bits per heavy atom. The lowest BCUT2D eigenvalue weighted by Crippen LogP contribution is -2.22. The van der Waals surface area contributed by atoms with Gasteiger partial charge < -0.3 is 20.9 Å². The number of anilines is 2. The fourth-order valence-corrected chi connectivity index (χ4v) is 1.84. The first-order valence-electron chi connectivity index (χ1n) is 6.77. The van der Waals surface area contributed by atoms with Gasteiger partial charge in [-0.3, -0.25) is 14.9 Å². The minimum Gasteiger partial charge on any atom is -0.508 e. The van der Waals surface area contributed by atoms with Gasteiger partial charge in [0.25, 0.3) is 11.6 Å². The zero-order chi connectivity index (χ0) is 18.6. The van der Waals surface area contributed by atoms with Crippen molar-refractivity contribution < 1.29 is 28.7 Å². The van der Waals surface area contributed by atoms with E-state index in [1.165, 1.54) is 12.1 Å². The average molecular weight is 349 g/mol. The Morgan fingerprint density at radius 2 is 2.00 bits per heavy atom. The van der Waals surface area contributed by atoms with E-state index in [0.29, 0.717) is 0 Å². The topological polar surface area (TPSA) is 145 Å². The number of ether oxygens (including phenoxy) is 1. The van der Waals surface area contributed by atoms with Crippen LogP contribution < -0.4 is 11.1 Å². The average Bonchev–Trinajstić information content (AvgIpc) is 2.56. The van der Waals surface area contributed by atoms with E-state index in [2.05, 4.69) is 5.32 Å². The summed E-state index contributed by atoms with van der Waals surface area (Å²) in [6.07, 6.45) is 0.